The van der Waals surface area contributed by atoms with E-state index in [2.05, 4.69) is 49.4 Å². The Morgan fingerprint density at radius 1 is 1.44 bits per heavy atom. The molecular weight excluding hydrogens is 384 g/mol. The average Bonchev–Trinajstić information content (AvgIpc) is 3.05. The van der Waals surface area contributed by atoms with Gasteiger partial charge in [-0.3, -0.25) is 4.79 Å². The molecule has 3 rings (SSSR count). The third-order valence-electron chi connectivity index (χ3n) is 4.13. The largest absolute Gasteiger partial charge is 0.339 e. The van der Waals surface area contributed by atoms with Gasteiger partial charge in [0.1, 0.15) is 0 Å². The summed E-state index contributed by atoms with van der Waals surface area (Å²) in [6, 6.07) is 5.81. The van der Waals surface area contributed by atoms with Crippen molar-refractivity contribution in [3.05, 3.63) is 46.0 Å². The zero-order chi connectivity index (χ0) is 17.8. The maximum atomic E-state index is 12.1. The number of aryl methyl sites for hydroxylation is 2. The predicted molar refractivity (Wildman–Crippen MR) is 100 cm³/mol. The van der Waals surface area contributed by atoms with Gasteiger partial charge in [-0.1, -0.05) is 17.3 Å². The molecule has 1 N–H and O–H groups in total. The number of hydrogen-bond donors (Lipinski definition) is 1. The van der Waals surface area contributed by atoms with Crippen LogP contribution in [0.4, 0.5) is 5.69 Å². The number of anilines is 1. The van der Waals surface area contributed by atoms with E-state index < -0.39 is 0 Å². The molecule has 7 heteroatoms. The molecule has 25 heavy (non-hydrogen) atoms. The topological polar surface area (TPSA) is 71.3 Å². The Hall–Kier alpha value is -1.99. The van der Waals surface area contributed by atoms with Crippen LogP contribution in [-0.2, 0) is 11.2 Å². The molecule has 0 atom stereocenters. The van der Waals surface area contributed by atoms with Gasteiger partial charge in [0, 0.05) is 30.4 Å². The van der Waals surface area contributed by atoms with Gasteiger partial charge in [-0.15, -0.1) is 0 Å². The summed E-state index contributed by atoms with van der Waals surface area (Å²) in [6.07, 6.45) is 3.76. The Kier molecular flexibility index (Phi) is 5.65. The highest BCUT2D eigenvalue weighted by molar-refractivity contribution is 9.10. The number of rotatable bonds is 5. The van der Waals surface area contributed by atoms with Crippen LogP contribution >= 0.6 is 15.9 Å². The Morgan fingerprint density at radius 2 is 2.28 bits per heavy atom. The molecule has 6 nitrogen and oxygen atoms in total. The van der Waals surface area contributed by atoms with E-state index in [1.54, 1.807) is 0 Å². The Labute approximate surface area is 155 Å². The molecule has 1 aromatic carbocycles. The lowest BCUT2D eigenvalue weighted by Crippen LogP contribution is -2.23. The van der Waals surface area contributed by atoms with E-state index in [1.165, 1.54) is 0 Å². The first-order valence-corrected chi connectivity index (χ1v) is 9.07. The number of carbonyl (C=O) groups excluding carboxylic acids is 1. The van der Waals surface area contributed by atoms with E-state index in [0.29, 0.717) is 24.6 Å². The van der Waals surface area contributed by atoms with Gasteiger partial charge in [-0.25, -0.2) is 0 Å². The normalized spacial score (nSPS) is 15.1. The minimum absolute atomic E-state index is 0.0807. The Morgan fingerprint density at radius 3 is 3.00 bits per heavy atom. The molecule has 0 radical (unpaired) electrons. The summed E-state index contributed by atoms with van der Waals surface area (Å²) in [5, 5.41) is 6.93. The van der Waals surface area contributed by atoms with E-state index in [4.69, 9.17) is 4.52 Å². The molecule has 0 fully saturated rings. The maximum absolute atomic E-state index is 12.1. The second-order valence-electron chi connectivity index (χ2n) is 6.28. The fraction of sp³-hybridized carbons (Fsp3) is 0.389. The van der Waals surface area contributed by atoms with Crippen molar-refractivity contribution in [1.82, 2.24) is 15.0 Å². The van der Waals surface area contributed by atoms with E-state index in [9.17, 15) is 4.79 Å². The molecule has 1 aliphatic rings. The fourth-order valence-electron chi connectivity index (χ4n) is 2.62. The van der Waals surface area contributed by atoms with E-state index in [-0.39, 0.29) is 5.91 Å². The maximum Gasteiger partial charge on any atom is 0.227 e. The van der Waals surface area contributed by atoms with Crippen LogP contribution in [0.25, 0.3) is 5.57 Å². The Balaban J connectivity index is 1.54. The summed E-state index contributed by atoms with van der Waals surface area (Å²) in [5.74, 6) is 1.06. The number of hydrogen-bond acceptors (Lipinski definition) is 5. The fourth-order valence-corrected chi connectivity index (χ4v) is 3.21. The molecule has 132 valence electrons. The van der Waals surface area contributed by atoms with Gasteiger partial charge in [0.15, 0.2) is 5.82 Å². The highest BCUT2D eigenvalue weighted by Gasteiger charge is 2.16. The molecule has 1 aliphatic heterocycles. The van der Waals surface area contributed by atoms with Crippen LogP contribution in [0.15, 0.2) is 33.3 Å². The van der Waals surface area contributed by atoms with Crippen LogP contribution in [0.1, 0.15) is 30.1 Å². The standard InChI is InChI=1S/C18H21BrN4O2/c1-12-3-4-15(14(19)11-12)20-16(24)5-6-17-21-18(22-25-17)13-7-9-23(2)10-8-13/h3-4,7,11H,5-6,8-10H2,1-2H3,(H,20,24). The second-order valence-corrected chi connectivity index (χ2v) is 7.14. The van der Waals surface area contributed by atoms with Crippen LogP contribution in [0.2, 0.25) is 0 Å². The molecular formula is C18H21BrN4O2. The summed E-state index contributed by atoms with van der Waals surface area (Å²) in [7, 11) is 2.08. The lowest BCUT2D eigenvalue weighted by atomic mass is 10.1. The number of carbonyl (C=O) groups is 1. The molecule has 0 aliphatic carbocycles. The van der Waals surface area contributed by atoms with E-state index in [0.717, 1.165) is 40.8 Å². The van der Waals surface area contributed by atoms with Gasteiger partial charge in [0.05, 0.1) is 5.69 Å². The van der Waals surface area contributed by atoms with Crippen LogP contribution in [0.3, 0.4) is 0 Å². The van der Waals surface area contributed by atoms with Crippen molar-refractivity contribution in [3.8, 4) is 0 Å². The zero-order valence-corrected chi connectivity index (χ0v) is 16.0. The molecule has 2 aromatic rings. The summed E-state index contributed by atoms with van der Waals surface area (Å²) < 4.78 is 6.15. The number of halogens is 1. The van der Waals surface area contributed by atoms with Gasteiger partial charge in [-0.05, 0) is 59.6 Å². The lowest BCUT2D eigenvalue weighted by Gasteiger charge is -2.19. The molecule has 1 aromatic heterocycles. The SMILES string of the molecule is Cc1ccc(NC(=O)CCc2nc(C3=CCN(C)CC3)no2)c(Br)c1. The van der Waals surface area contributed by atoms with E-state index >= 15 is 0 Å². The van der Waals surface area contributed by atoms with Crippen molar-refractivity contribution < 1.29 is 9.32 Å². The highest BCUT2D eigenvalue weighted by atomic mass is 79.9. The number of amides is 1. The van der Waals surface area contributed by atoms with Crippen molar-refractivity contribution in [2.75, 3.05) is 25.5 Å². The number of benzene rings is 1. The van der Waals surface area contributed by atoms with Gasteiger partial charge in [0.2, 0.25) is 11.8 Å². The lowest BCUT2D eigenvalue weighted by molar-refractivity contribution is -0.116. The quantitative estimate of drug-likeness (QED) is 0.826. The monoisotopic (exact) mass is 404 g/mol. The first kappa shape index (κ1) is 17.8. The molecule has 0 bridgehead atoms. The van der Waals surface area contributed by atoms with Crippen molar-refractivity contribution in [2.24, 2.45) is 0 Å². The minimum atomic E-state index is -0.0807. The average molecular weight is 405 g/mol. The number of nitrogens with one attached hydrogen (secondary N) is 1. The smallest absolute Gasteiger partial charge is 0.227 e. The summed E-state index contributed by atoms with van der Waals surface area (Å²) in [6.45, 7) is 3.89. The molecule has 2 heterocycles. The Bertz CT molecular complexity index is 800. The molecule has 0 unspecified atom stereocenters. The first-order valence-electron chi connectivity index (χ1n) is 8.28. The molecule has 0 spiro atoms. The summed E-state index contributed by atoms with van der Waals surface area (Å²) in [4.78, 5) is 18.8. The van der Waals surface area contributed by atoms with Crippen LogP contribution < -0.4 is 5.32 Å². The van der Waals surface area contributed by atoms with Gasteiger partial charge >= 0.3 is 0 Å². The minimum Gasteiger partial charge on any atom is -0.339 e. The van der Waals surface area contributed by atoms with Gasteiger partial charge < -0.3 is 14.7 Å². The summed E-state index contributed by atoms with van der Waals surface area (Å²) in [5.41, 5.74) is 3.01. The highest BCUT2D eigenvalue weighted by Crippen LogP contribution is 2.24. The van der Waals surface area contributed by atoms with Crippen LogP contribution in [-0.4, -0.2) is 41.1 Å². The van der Waals surface area contributed by atoms with Crippen molar-refractivity contribution in [3.63, 3.8) is 0 Å². The number of likely N-dealkylation sites (N-methyl/N-ethyl adjacent to an activating group) is 1. The van der Waals surface area contributed by atoms with Crippen molar-refractivity contribution >= 4 is 33.1 Å². The van der Waals surface area contributed by atoms with Crippen LogP contribution in [0.5, 0.6) is 0 Å². The van der Waals surface area contributed by atoms with Crippen molar-refractivity contribution in [2.45, 2.75) is 26.2 Å². The zero-order valence-electron chi connectivity index (χ0n) is 14.4. The number of nitrogens with zero attached hydrogens (tertiary/aromatic N) is 3. The second kappa shape index (κ2) is 7.93. The summed E-state index contributed by atoms with van der Waals surface area (Å²) >= 11 is 3.46. The molecule has 0 saturated heterocycles. The van der Waals surface area contributed by atoms with E-state index in [1.807, 2.05) is 25.1 Å². The molecule has 0 saturated carbocycles. The van der Waals surface area contributed by atoms with Gasteiger partial charge in [-0.2, -0.15) is 4.98 Å². The first-order chi connectivity index (χ1) is 12.0. The predicted octanol–water partition coefficient (Wildman–Crippen LogP) is 3.43. The third-order valence-corrected chi connectivity index (χ3v) is 4.79. The van der Waals surface area contributed by atoms with Crippen LogP contribution in [0, 0.1) is 6.92 Å². The van der Waals surface area contributed by atoms with Gasteiger partial charge in [0.25, 0.3) is 0 Å². The number of aromatic nitrogens is 2. The molecule has 1 amide bonds. The third kappa shape index (κ3) is 4.76. The van der Waals surface area contributed by atoms with Crippen molar-refractivity contribution in [1.29, 1.82) is 0 Å².